The Hall–Kier alpha value is -1.13. The van der Waals surface area contributed by atoms with Gasteiger partial charge in [0.25, 0.3) is 0 Å². The lowest BCUT2D eigenvalue weighted by atomic mass is 10.2. The molecule has 0 unspecified atom stereocenters. The van der Waals surface area contributed by atoms with E-state index in [0.29, 0.717) is 24.5 Å². The zero-order chi connectivity index (χ0) is 12.8. The molecule has 4 nitrogen and oxygen atoms in total. The second kappa shape index (κ2) is 6.57. The third-order valence-electron chi connectivity index (χ3n) is 2.48. The minimum absolute atomic E-state index is 0.0967. The summed E-state index contributed by atoms with van der Waals surface area (Å²) in [6.45, 7) is 6.53. The van der Waals surface area contributed by atoms with E-state index >= 15 is 0 Å². The van der Waals surface area contributed by atoms with Gasteiger partial charge in [-0.1, -0.05) is 24.6 Å². The minimum Gasteiger partial charge on any atom is -0.307 e. The largest absolute Gasteiger partial charge is 0.307 e. The normalized spacial score (nSPS) is 10.5. The standard InChI is InChI=1S/C12H18ClN3O/c1-4-6-14-8-9(17)7-11-12(13)10(5-2)15-16(11)3/h4,14H,1,5-8H2,2-3H3. The maximum absolute atomic E-state index is 11.7. The van der Waals surface area contributed by atoms with Gasteiger partial charge in [0.1, 0.15) is 0 Å². The zero-order valence-electron chi connectivity index (χ0n) is 10.3. The van der Waals surface area contributed by atoms with Gasteiger partial charge in [-0.15, -0.1) is 6.58 Å². The van der Waals surface area contributed by atoms with Crippen molar-refractivity contribution in [3.05, 3.63) is 29.1 Å². The molecule has 0 aliphatic rings. The Morgan fingerprint density at radius 3 is 2.88 bits per heavy atom. The summed E-state index contributed by atoms with van der Waals surface area (Å²) in [6, 6.07) is 0. The van der Waals surface area contributed by atoms with Crippen LogP contribution in [0.3, 0.4) is 0 Å². The highest BCUT2D eigenvalue weighted by Crippen LogP contribution is 2.21. The number of rotatable bonds is 7. The van der Waals surface area contributed by atoms with Gasteiger partial charge in [-0.3, -0.25) is 9.48 Å². The Labute approximate surface area is 107 Å². The molecule has 0 saturated heterocycles. The van der Waals surface area contributed by atoms with Crippen LogP contribution in [-0.2, 0) is 24.7 Å². The molecule has 0 aliphatic heterocycles. The molecule has 0 saturated carbocycles. The molecule has 0 fully saturated rings. The van der Waals surface area contributed by atoms with Gasteiger partial charge in [0, 0.05) is 13.6 Å². The highest BCUT2D eigenvalue weighted by atomic mass is 35.5. The molecule has 0 spiro atoms. The van der Waals surface area contributed by atoms with Gasteiger partial charge in [-0.25, -0.2) is 0 Å². The van der Waals surface area contributed by atoms with E-state index in [1.807, 2.05) is 14.0 Å². The third-order valence-corrected chi connectivity index (χ3v) is 2.91. The smallest absolute Gasteiger partial charge is 0.152 e. The van der Waals surface area contributed by atoms with Gasteiger partial charge in [0.15, 0.2) is 5.78 Å². The lowest BCUT2D eigenvalue weighted by Gasteiger charge is -2.03. The van der Waals surface area contributed by atoms with E-state index in [0.717, 1.165) is 17.8 Å². The van der Waals surface area contributed by atoms with Crippen molar-refractivity contribution in [1.29, 1.82) is 0 Å². The van der Waals surface area contributed by atoms with E-state index in [9.17, 15) is 4.79 Å². The summed E-state index contributed by atoms with van der Waals surface area (Å²) < 4.78 is 1.69. The highest BCUT2D eigenvalue weighted by Gasteiger charge is 2.15. The molecular formula is C12H18ClN3O. The van der Waals surface area contributed by atoms with E-state index in [1.54, 1.807) is 10.8 Å². The van der Waals surface area contributed by atoms with E-state index in [-0.39, 0.29) is 5.78 Å². The van der Waals surface area contributed by atoms with E-state index in [2.05, 4.69) is 17.0 Å². The van der Waals surface area contributed by atoms with Gasteiger partial charge >= 0.3 is 0 Å². The summed E-state index contributed by atoms with van der Waals surface area (Å²) in [5.74, 6) is 0.0967. The molecule has 1 N–H and O–H groups in total. The Morgan fingerprint density at radius 2 is 2.35 bits per heavy atom. The summed E-state index contributed by atoms with van der Waals surface area (Å²) in [5, 5.41) is 7.87. The Bertz CT molecular complexity index is 412. The molecule has 0 amide bonds. The highest BCUT2D eigenvalue weighted by molar-refractivity contribution is 6.32. The van der Waals surface area contributed by atoms with Gasteiger partial charge < -0.3 is 5.32 Å². The summed E-state index contributed by atoms with van der Waals surface area (Å²) in [6.07, 6.45) is 2.81. The molecule has 1 rings (SSSR count). The van der Waals surface area contributed by atoms with Crippen LogP contribution in [0, 0.1) is 0 Å². The molecule has 0 bridgehead atoms. The molecule has 17 heavy (non-hydrogen) atoms. The van der Waals surface area contributed by atoms with Crippen LogP contribution in [0.2, 0.25) is 5.02 Å². The number of aromatic nitrogens is 2. The van der Waals surface area contributed by atoms with Crippen molar-refractivity contribution in [1.82, 2.24) is 15.1 Å². The molecule has 0 atom stereocenters. The molecule has 94 valence electrons. The van der Waals surface area contributed by atoms with Gasteiger partial charge in [0.2, 0.25) is 0 Å². The number of carbonyl (C=O) groups excluding carboxylic acids is 1. The third kappa shape index (κ3) is 3.68. The van der Waals surface area contributed by atoms with Gasteiger partial charge in [0.05, 0.1) is 29.4 Å². The van der Waals surface area contributed by atoms with Crippen LogP contribution in [0.5, 0.6) is 0 Å². The Morgan fingerprint density at radius 1 is 1.65 bits per heavy atom. The number of hydrogen-bond acceptors (Lipinski definition) is 3. The number of aryl methyl sites for hydroxylation is 2. The quantitative estimate of drug-likeness (QED) is 0.594. The number of nitrogens with zero attached hydrogens (tertiary/aromatic N) is 2. The first-order chi connectivity index (χ1) is 8.10. The zero-order valence-corrected chi connectivity index (χ0v) is 11.0. The number of hydrogen-bond donors (Lipinski definition) is 1. The fourth-order valence-electron chi connectivity index (χ4n) is 1.57. The lowest BCUT2D eigenvalue weighted by Crippen LogP contribution is -2.24. The first kappa shape index (κ1) is 13.9. The Balaban J connectivity index is 2.64. The molecular weight excluding hydrogens is 238 g/mol. The van der Waals surface area contributed by atoms with Crippen LogP contribution in [0.4, 0.5) is 0 Å². The maximum Gasteiger partial charge on any atom is 0.152 e. The average molecular weight is 256 g/mol. The number of nitrogens with one attached hydrogen (secondary N) is 1. The number of carbonyl (C=O) groups is 1. The van der Waals surface area contributed by atoms with Crippen molar-refractivity contribution in [2.24, 2.45) is 7.05 Å². The van der Waals surface area contributed by atoms with E-state index < -0.39 is 0 Å². The summed E-state index contributed by atoms with van der Waals surface area (Å²) >= 11 is 6.16. The van der Waals surface area contributed by atoms with Crippen molar-refractivity contribution in [3.63, 3.8) is 0 Å². The summed E-state index contributed by atoms with van der Waals surface area (Å²) in [5.41, 5.74) is 1.63. The van der Waals surface area contributed by atoms with Crippen LogP contribution in [0.1, 0.15) is 18.3 Å². The maximum atomic E-state index is 11.7. The van der Waals surface area contributed by atoms with Crippen molar-refractivity contribution >= 4 is 17.4 Å². The fraction of sp³-hybridized carbons (Fsp3) is 0.500. The van der Waals surface area contributed by atoms with Crippen LogP contribution in [0.25, 0.3) is 0 Å². The first-order valence-corrected chi connectivity index (χ1v) is 6.01. The number of halogens is 1. The lowest BCUT2D eigenvalue weighted by molar-refractivity contribution is -0.117. The first-order valence-electron chi connectivity index (χ1n) is 5.63. The molecule has 0 aliphatic carbocycles. The van der Waals surface area contributed by atoms with Gasteiger partial charge in [-0.05, 0) is 6.42 Å². The van der Waals surface area contributed by atoms with Crippen LogP contribution in [0.15, 0.2) is 12.7 Å². The minimum atomic E-state index is 0.0967. The molecule has 5 heteroatoms. The number of Topliss-reactive ketones (excluding diaryl/α,β-unsaturated/α-hetero) is 1. The van der Waals surface area contributed by atoms with E-state index in [4.69, 9.17) is 11.6 Å². The molecule has 1 heterocycles. The molecule has 1 aromatic rings. The topological polar surface area (TPSA) is 46.9 Å². The van der Waals surface area contributed by atoms with Crippen molar-refractivity contribution in [3.8, 4) is 0 Å². The fourth-order valence-corrected chi connectivity index (χ4v) is 1.94. The van der Waals surface area contributed by atoms with Crippen LogP contribution < -0.4 is 5.32 Å². The second-order valence-corrected chi connectivity index (χ2v) is 4.20. The van der Waals surface area contributed by atoms with Crippen LogP contribution >= 0.6 is 11.6 Å². The molecule has 1 aromatic heterocycles. The SMILES string of the molecule is C=CCNCC(=O)Cc1c(Cl)c(CC)nn1C. The predicted octanol–water partition coefficient (Wildman–Crippen LogP) is 1.52. The summed E-state index contributed by atoms with van der Waals surface area (Å²) in [7, 11) is 1.81. The Kier molecular flexibility index (Phi) is 5.38. The van der Waals surface area contributed by atoms with Crippen molar-refractivity contribution < 1.29 is 4.79 Å². The molecule has 0 aromatic carbocycles. The average Bonchev–Trinajstić information content (AvgIpc) is 2.57. The van der Waals surface area contributed by atoms with Crippen molar-refractivity contribution in [2.45, 2.75) is 19.8 Å². The van der Waals surface area contributed by atoms with Crippen LogP contribution in [-0.4, -0.2) is 28.7 Å². The van der Waals surface area contributed by atoms with E-state index in [1.165, 1.54) is 0 Å². The summed E-state index contributed by atoms with van der Waals surface area (Å²) in [4.78, 5) is 11.7. The molecule has 0 radical (unpaired) electrons. The van der Waals surface area contributed by atoms with Gasteiger partial charge in [-0.2, -0.15) is 5.10 Å². The number of ketones is 1. The predicted molar refractivity (Wildman–Crippen MR) is 69.4 cm³/mol. The second-order valence-electron chi connectivity index (χ2n) is 3.82. The van der Waals surface area contributed by atoms with Crippen molar-refractivity contribution in [2.75, 3.05) is 13.1 Å². The monoisotopic (exact) mass is 255 g/mol.